The van der Waals surface area contributed by atoms with Crippen molar-refractivity contribution >= 4 is 38.6 Å². The largest absolute Gasteiger partial charge is 0.497 e. The summed E-state index contributed by atoms with van der Waals surface area (Å²) in [5.41, 5.74) is 0.971. The molecule has 1 N–H and O–H groups in total. The van der Waals surface area contributed by atoms with Crippen molar-refractivity contribution in [3.8, 4) is 15.6 Å². The van der Waals surface area contributed by atoms with Gasteiger partial charge in [-0.3, -0.25) is 4.79 Å². The summed E-state index contributed by atoms with van der Waals surface area (Å²) < 4.78 is 32.3. The third kappa shape index (κ3) is 5.20. The van der Waals surface area contributed by atoms with E-state index in [9.17, 15) is 13.2 Å². The highest BCUT2D eigenvalue weighted by molar-refractivity contribution is 7.89. The van der Waals surface area contributed by atoms with Gasteiger partial charge in [0, 0.05) is 37.4 Å². The minimum absolute atomic E-state index is 0.0137. The molecule has 1 aliphatic rings. The highest BCUT2D eigenvalue weighted by Crippen LogP contribution is 2.28. The molecule has 0 spiro atoms. The van der Waals surface area contributed by atoms with Crippen molar-refractivity contribution in [1.82, 2.24) is 14.6 Å². The Kier molecular flexibility index (Phi) is 7.24. The fraction of sp³-hybridized carbons (Fsp3) is 0.364. The van der Waals surface area contributed by atoms with Gasteiger partial charge in [0.15, 0.2) is 0 Å². The smallest absolute Gasteiger partial charge is 0.243 e. The molecule has 0 radical (unpaired) electrons. The van der Waals surface area contributed by atoms with Gasteiger partial charge in [0.1, 0.15) is 10.8 Å². The van der Waals surface area contributed by atoms with Gasteiger partial charge < -0.3 is 10.1 Å². The number of nitrogens with one attached hydrogen (secondary N) is 1. The number of thiophene rings is 1. The molecule has 1 aliphatic heterocycles. The van der Waals surface area contributed by atoms with E-state index in [0.29, 0.717) is 44.6 Å². The zero-order valence-corrected chi connectivity index (χ0v) is 20.1. The van der Waals surface area contributed by atoms with Crippen molar-refractivity contribution in [2.24, 2.45) is 5.92 Å². The highest BCUT2D eigenvalue weighted by Gasteiger charge is 2.32. The van der Waals surface area contributed by atoms with Gasteiger partial charge in [-0.15, -0.1) is 22.7 Å². The van der Waals surface area contributed by atoms with E-state index in [-0.39, 0.29) is 16.7 Å². The first kappa shape index (κ1) is 22.9. The Morgan fingerprint density at radius 1 is 1.19 bits per heavy atom. The topological polar surface area (TPSA) is 88.6 Å². The van der Waals surface area contributed by atoms with Crippen LogP contribution in [0.1, 0.15) is 18.5 Å². The lowest BCUT2D eigenvalue weighted by Gasteiger charge is -2.30. The number of hydrogen-bond acceptors (Lipinski definition) is 7. The van der Waals surface area contributed by atoms with E-state index in [1.165, 1.54) is 4.31 Å². The SMILES string of the molecule is COc1ccc(S(=O)(=O)N2CCC(C(=O)NCCc3csc(-c4cccs4)n3)CC2)cc1. The number of hydrogen-bond donors (Lipinski definition) is 1. The average molecular weight is 492 g/mol. The predicted molar refractivity (Wildman–Crippen MR) is 127 cm³/mol. The monoisotopic (exact) mass is 491 g/mol. The minimum Gasteiger partial charge on any atom is -0.497 e. The van der Waals surface area contributed by atoms with Crippen LogP contribution in [0.4, 0.5) is 0 Å². The lowest BCUT2D eigenvalue weighted by molar-refractivity contribution is -0.126. The summed E-state index contributed by atoms with van der Waals surface area (Å²) in [6, 6.07) is 10.4. The molecule has 0 unspecified atom stereocenters. The van der Waals surface area contributed by atoms with Crippen molar-refractivity contribution in [3.05, 3.63) is 52.9 Å². The van der Waals surface area contributed by atoms with Gasteiger partial charge in [0.25, 0.3) is 0 Å². The van der Waals surface area contributed by atoms with E-state index in [1.807, 2.05) is 16.8 Å². The molecule has 0 aliphatic carbocycles. The maximum absolute atomic E-state index is 12.9. The number of carbonyl (C=O) groups is 1. The zero-order chi connectivity index (χ0) is 22.6. The maximum atomic E-state index is 12.9. The number of methoxy groups -OCH3 is 1. The molecule has 3 heterocycles. The normalized spacial score (nSPS) is 15.5. The number of aromatic nitrogens is 1. The number of carbonyl (C=O) groups excluding carboxylic acids is 1. The summed E-state index contributed by atoms with van der Waals surface area (Å²) in [5, 5.41) is 8.06. The van der Waals surface area contributed by atoms with E-state index in [2.05, 4.69) is 16.4 Å². The molecule has 1 aromatic carbocycles. The number of piperidine rings is 1. The molecule has 2 aromatic heterocycles. The molecule has 4 rings (SSSR count). The van der Waals surface area contributed by atoms with Crippen molar-refractivity contribution in [3.63, 3.8) is 0 Å². The third-order valence-electron chi connectivity index (χ3n) is 5.49. The van der Waals surface area contributed by atoms with Crippen LogP contribution in [-0.4, -0.2) is 50.4 Å². The second kappa shape index (κ2) is 10.1. The molecule has 3 aromatic rings. The Labute approximate surface area is 196 Å². The first-order valence-electron chi connectivity index (χ1n) is 10.4. The van der Waals surface area contributed by atoms with Crippen LogP contribution in [0.3, 0.4) is 0 Å². The maximum Gasteiger partial charge on any atom is 0.243 e. The first-order valence-corrected chi connectivity index (χ1v) is 13.6. The lowest BCUT2D eigenvalue weighted by atomic mass is 9.97. The van der Waals surface area contributed by atoms with Gasteiger partial charge >= 0.3 is 0 Å². The lowest BCUT2D eigenvalue weighted by Crippen LogP contribution is -2.43. The molecule has 0 atom stereocenters. The van der Waals surface area contributed by atoms with Crippen LogP contribution in [0.2, 0.25) is 0 Å². The zero-order valence-electron chi connectivity index (χ0n) is 17.7. The Morgan fingerprint density at radius 3 is 2.59 bits per heavy atom. The van der Waals surface area contributed by atoms with Crippen molar-refractivity contribution in [1.29, 1.82) is 0 Å². The molecule has 0 bridgehead atoms. The Hall–Kier alpha value is -2.27. The third-order valence-corrected chi connectivity index (χ3v) is 9.33. The number of ether oxygens (including phenoxy) is 1. The summed E-state index contributed by atoms with van der Waals surface area (Å²) in [4.78, 5) is 18.6. The van der Waals surface area contributed by atoms with Crippen LogP contribution in [-0.2, 0) is 21.2 Å². The molecule has 1 saturated heterocycles. The Morgan fingerprint density at radius 2 is 1.94 bits per heavy atom. The summed E-state index contributed by atoms with van der Waals surface area (Å²) in [6.45, 7) is 1.20. The van der Waals surface area contributed by atoms with Crippen molar-refractivity contribution < 1.29 is 17.9 Å². The number of rotatable bonds is 8. The van der Waals surface area contributed by atoms with Crippen LogP contribution in [0.25, 0.3) is 9.88 Å². The van der Waals surface area contributed by atoms with E-state index in [1.54, 1.807) is 54.0 Å². The van der Waals surface area contributed by atoms with Crippen molar-refractivity contribution in [2.45, 2.75) is 24.2 Å². The van der Waals surface area contributed by atoms with Gasteiger partial charge in [0.05, 0.1) is 22.6 Å². The fourth-order valence-corrected chi connectivity index (χ4v) is 6.79. The van der Waals surface area contributed by atoms with Gasteiger partial charge in [0.2, 0.25) is 15.9 Å². The number of sulfonamides is 1. The summed E-state index contributed by atoms with van der Waals surface area (Å²) in [6.07, 6.45) is 1.71. The Balaban J connectivity index is 1.24. The van der Waals surface area contributed by atoms with Gasteiger partial charge in [-0.1, -0.05) is 6.07 Å². The van der Waals surface area contributed by atoms with Crippen LogP contribution in [0.5, 0.6) is 5.75 Å². The second-order valence-electron chi connectivity index (χ2n) is 7.52. The van der Waals surface area contributed by atoms with Crippen LogP contribution in [0.15, 0.2) is 52.1 Å². The quantitative estimate of drug-likeness (QED) is 0.520. The van der Waals surface area contributed by atoms with Gasteiger partial charge in [-0.2, -0.15) is 4.31 Å². The number of thiazole rings is 1. The molecule has 0 saturated carbocycles. The van der Waals surface area contributed by atoms with Crippen molar-refractivity contribution in [2.75, 3.05) is 26.7 Å². The molecular formula is C22H25N3O4S3. The number of nitrogens with zero attached hydrogens (tertiary/aromatic N) is 2. The molecule has 1 fully saturated rings. The van der Waals surface area contributed by atoms with Crippen LogP contribution in [0, 0.1) is 5.92 Å². The van der Waals surface area contributed by atoms with E-state index < -0.39 is 10.0 Å². The highest BCUT2D eigenvalue weighted by atomic mass is 32.2. The molecular weight excluding hydrogens is 466 g/mol. The number of amides is 1. The average Bonchev–Trinajstić information content (AvgIpc) is 3.51. The first-order chi connectivity index (χ1) is 15.5. The minimum atomic E-state index is -3.57. The summed E-state index contributed by atoms with van der Waals surface area (Å²) in [7, 11) is -2.03. The molecule has 1 amide bonds. The second-order valence-corrected chi connectivity index (χ2v) is 11.3. The standard InChI is InChI=1S/C22H25N3O4S3/c1-29-18-4-6-19(7-5-18)32(27,28)25-12-9-16(10-13-25)21(26)23-11-8-17-15-31-22(24-17)20-3-2-14-30-20/h2-7,14-16H,8-13H2,1H3,(H,23,26). The van der Waals surface area contributed by atoms with E-state index in [4.69, 9.17) is 4.74 Å². The van der Waals surface area contributed by atoms with Crippen LogP contribution < -0.4 is 10.1 Å². The predicted octanol–water partition coefficient (Wildman–Crippen LogP) is 3.64. The van der Waals surface area contributed by atoms with E-state index >= 15 is 0 Å². The fourth-order valence-electron chi connectivity index (χ4n) is 3.65. The summed E-state index contributed by atoms with van der Waals surface area (Å²) in [5.74, 6) is 0.425. The molecule has 170 valence electrons. The number of benzene rings is 1. The molecule has 7 nitrogen and oxygen atoms in total. The van der Waals surface area contributed by atoms with Gasteiger partial charge in [-0.05, 0) is 48.6 Å². The van der Waals surface area contributed by atoms with Gasteiger partial charge in [-0.25, -0.2) is 13.4 Å². The summed E-state index contributed by atoms with van der Waals surface area (Å²) >= 11 is 3.28. The molecule has 10 heteroatoms. The van der Waals surface area contributed by atoms with Crippen LogP contribution >= 0.6 is 22.7 Å². The molecule has 32 heavy (non-hydrogen) atoms. The Bertz CT molecular complexity index is 1130. The van der Waals surface area contributed by atoms with E-state index in [0.717, 1.165) is 15.6 Å².